The van der Waals surface area contributed by atoms with Crippen molar-refractivity contribution < 1.29 is 42.3 Å². The number of aromatic nitrogens is 5. The first-order valence-corrected chi connectivity index (χ1v) is 22.4. The highest BCUT2D eigenvalue weighted by Crippen LogP contribution is 2.33. The summed E-state index contributed by atoms with van der Waals surface area (Å²) in [5, 5.41) is 8.43. The lowest BCUT2D eigenvalue weighted by Gasteiger charge is -2.35. The third-order valence-electron chi connectivity index (χ3n) is 11.9. The van der Waals surface area contributed by atoms with Crippen molar-refractivity contribution in [1.29, 1.82) is 0 Å². The number of morpholine rings is 1. The number of piperazine rings is 1. The number of nitrogen functional groups attached to an aromatic ring is 1. The average Bonchev–Trinajstić information content (AvgIpc) is 3.57. The zero-order valence-corrected chi connectivity index (χ0v) is 36.2. The van der Waals surface area contributed by atoms with Crippen LogP contribution in [0.15, 0.2) is 24.4 Å². The molecule has 0 spiro atoms. The molecular formula is C43H55F2N13O7. The number of nitrogens with two attached hydrogens (primary N) is 1. The summed E-state index contributed by atoms with van der Waals surface area (Å²) >= 11 is 0. The van der Waals surface area contributed by atoms with Crippen LogP contribution in [0.25, 0.3) is 11.4 Å². The summed E-state index contributed by atoms with van der Waals surface area (Å²) in [5.74, 6) is -2.10. The van der Waals surface area contributed by atoms with Crippen molar-refractivity contribution in [3.8, 4) is 11.4 Å². The standard InChI is InChI=1S/C43H55F2N13O7/c44-36(45)35-28(26-49-41(46)51-35)37-52-42(54-43(53-37)57-22-24-65-25-23-57)56-20-18-55(19-21-56)33(61)15-14-31(59)48-17-8-6-4-2-1-3-5-7-16-47-29-11-9-10-27-34(29)40(64)58(39(27)63)30-12-13-32(60)50-38(30)62/h9-11,26,30,36,47H,1-8,12-25H2,(H,48,59)(H2,46,49,51)(H,50,60,62). The van der Waals surface area contributed by atoms with Gasteiger partial charge in [-0.3, -0.25) is 39.0 Å². The molecule has 0 radical (unpaired) electrons. The van der Waals surface area contributed by atoms with Crippen LogP contribution in [0.1, 0.15) is 110 Å². The van der Waals surface area contributed by atoms with E-state index in [-0.39, 0.29) is 71.9 Å². The summed E-state index contributed by atoms with van der Waals surface area (Å²) in [4.78, 5) is 104. The van der Waals surface area contributed by atoms with Gasteiger partial charge in [0.2, 0.25) is 41.5 Å². The van der Waals surface area contributed by atoms with Crippen molar-refractivity contribution >= 4 is 59.0 Å². The zero-order valence-electron chi connectivity index (χ0n) is 36.2. The summed E-state index contributed by atoms with van der Waals surface area (Å²) in [7, 11) is 0. The highest BCUT2D eigenvalue weighted by Gasteiger charge is 2.45. The Labute approximate surface area is 374 Å². The number of halogens is 2. The molecule has 0 bridgehead atoms. The number of rotatable bonds is 20. The second-order valence-corrected chi connectivity index (χ2v) is 16.3. The van der Waals surface area contributed by atoms with Gasteiger partial charge >= 0.3 is 0 Å². The van der Waals surface area contributed by atoms with E-state index in [1.807, 2.05) is 9.80 Å². The third-order valence-corrected chi connectivity index (χ3v) is 11.9. The molecule has 6 heterocycles. The number of hydrogen-bond donors (Lipinski definition) is 4. The molecule has 3 saturated heterocycles. The van der Waals surface area contributed by atoms with E-state index in [0.717, 1.165) is 56.3 Å². The van der Waals surface area contributed by atoms with E-state index >= 15 is 0 Å². The lowest BCUT2D eigenvalue weighted by Crippen LogP contribution is -2.54. The van der Waals surface area contributed by atoms with E-state index in [2.05, 4.69) is 40.9 Å². The molecule has 3 fully saturated rings. The minimum absolute atomic E-state index is 0.00629. The molecule has 1 atom stereocenters. The van der Waals surface area contributed by atoms with Gasteiger partial charge < -0.3 is 35.8 Å². The number of nitrogens with zero attached hydrogens (tertiary/aromatic N) is 9. The van der Waals surface area contributed by atoms with Gasteiger partial charge in [-0.05, 0) is 31.4 Å². The molecule has 65 heavy (non-hydrogen) atoms. The molecule has 20 nitrogen and oxygen atoms in total. The Balaban J connectivity index is 0.749. The van der Waals surface area contributed by atoms with Crippen LogP contribution in [0, 0.1) is 0 Å². The summed E-state index contributed by atoms with van der Waals surface area (Å²) in [6, 6.07) is 4.04. The average molecular weight is 904 g/mol. The van der Waals surface area contributed by atoms with Crippen LogP contribution in [0.4, 0.5) is 32.3 Å². The van der Waals surface area contributed by atoms with E-state index in [4.69, 9.17) is 10.5 Å². The summed E-state index contributed by atoms with van der Waals surface area (Å²) in [6.45, 7) is 4.63. The first-order chi connectivity index (χ1) is 31.5. The Bertz CT molecular complexity index is 2240. The molecule has 0 saturated carbocycles. The Hall–Kier alpha value is -6.45. The monoisotopic (exact) mass is 903 g/mol. The number of anilines is 4. The molecule has 1 unspecified atom stereocenters. The first-order valence-electron chi connectivity index (χ1n) is 22.4. The van der Waals surface area contributed by atoms with Crippen molar-refractivity contribution in [1.82, 2.24) is 45.4 Å². The number of nitrogens with one attached hydrogen (secondary N) is 3. The lowest BCUT2D eigenvalue weighted by molar-refractivity contribution is -0.136. The minimum atomic E-state index is -2.93. The predicted octanol–water partition coefficient (Wildman–Crippen LogP) is 2.86. The van der Waals surface area contributed by atoms with Crippen LogP contribution in [-0.4, -0.2) is 142 Å². The molecule has 348 valence electrons. The fraction of sp³-hybridized carbons (Fsp3) is 0.558. The van der Waals surface area contributed by atoms with Crippen LogP contribution in [0.3, 0.4) is 0 Å². The molecule has 5 N–H and O–H groups in total. The topological polar surface area (TPSA) is 251 Å². The first kappa shape index (κ1) is 46.5. The number of carbonyl (C=O) groups is 6. The maximum atomic E-state index is 14.0. The molecule has 2 aromatic heterocycles. The van der Waals surface area contributed by atoms with Gasteiger partial charge in [-0.1, -0.05) is 44.6 Å². The van der Waals surface area contributed by atoms with Crippen molar-refractivity contribution in [2.75, 3.05) is 86.4 Å². The number of amides is 6. The number of fused-ring (bicyclic) bond motifs is 1. The van der Waals surface area contributed by atoms with Gasteiger partial charge in [0.1, 0.15) is 11.7 Å². The second kappa shape index (κ2) is 22.0. The molecule has 7 rings (SSSR count). The van der Waals surface area contributed by atoms with E-state index < -0.39 is 41.8 Å². The van der Waals surface area contributed by atoms with Crippen LogP contribution >= 0.6 is 0 Å². The lowest BCUT2D eigenvalue weighted by atomic mass is 10.0. The van der Waals surface area contributed by atoms with Crippen molar-refractivity contribution in [2.24, 2.45) is 0 Å². The normalized spacial score (nSPS) is 17.7. The van der Waals surface area contributed by atoms with E-state index in [1.165, 1.54) is 6.20 Å². The number of ether oxygens (including phenoxy) is 1. The van der Waals surface area contributed by atoms with Crippen LogP contribution in [0.2, 0.25) is 0 Å². The van der Waals surface area contributed by atoms with Crippen molar-refractivity contribution in [3.63, 3.8) is 0 Å². The zero-order chi connectivity index (χ0) is 45.9. The molecule has 4 aliphatic heterocycles. The van der Waals surface area contributed by atoms with Crippen molar-refractivity contribution in [3.05, 3.63) is 41.2 Å². The highest BCUT2D eigenvalue weighted by atomic mass is 19.3. The summed E-state index contributed by atoms with van der Waals surface area (Å²) in [5.41, 5.74) is 6.04. The second-order valence-electron chi connectivity index (χ2n) is 16.3. The van der Waals surface area contributed by atoms with Gasteiger partial charge in [0.25, 0.3) is 18.2 Å². The van der Waals surface area contributed by atoms with Gasteiger partial charge in [0.05, 0.1) is 29.9 Å². The Morgan fingerprint density at radius 1 is 0.800 bits per heavy atom. The number of piperidine rings is 1. The number of imide groups is 2. The van der Waals surface area contributed by atoms with Crippen LogP contribution < -0.4 is 31.5 Å². The van der Waals surface area contributed by atoms with E-state index in [9.17, 15) is 37.5 Å². The van der Waals surface area contributed by atoms with Gasteiger partial charge in [-0.15, -0.1) is 0 Å². The van der Waals surface area contributed by atoms with Crippen LogP contribution in [-0.2, 0) is 23.9 Å². The summed E-state index contributed by atoms with van der Waals surface area (Å²) in [6.07, 6.45) is 6.53. The van der Waals surface area contributed by atoms with E-state index in [0.29, 0.717) is 77.2 Å². The SMILES string of the molecule is Nc1ncc(-c2nc(N3CCOCC3)nc(N3CCN(C(=O)CCC(=O)NCCCCCCCCCCNc4cccc5c4C(=O)N(C4CCC(=O)NC4=O)C5=O)CC3)n2)c(C(F)F)n1. The Kier molecular flexibility index (Phi) is 15.7. The van der Waals surface area contributed by atoms with Gasteiger partial charge in [0.15, 0.2) is 5.82 Å². The predicted molar refractivity (Wildman–Crippen MR) is 233 cm³/mol. The Morgan fingerprint density at radius 2 is 1.46 bits per heavy atom. The maximum absolute atomic E-state index is 14.0. The van der Waals surface area contributed by atoms with Gasteiger partial charge in [-0.25, -0.2) is 18.7 Å². The fourth-order valence-corrected chi connectivity index (χ4v) is 8.32. The molecular weight excluding hydrogens is 849 g/mol. The summed E-state index contributed by atoms with van der Waals surface area (Å²) < 4.78 is 33.4. The highest BCUT2D eigenvalue weighted by molar-refractivity contribution is 6.25. The smallest absolute Gasteiger partial charge is 0.281 e. The largest absolute Gasteiger partial charge is 0.384 e. The third kappa shape index (κ3) is 11.6. The van der Waals surface area contributed by atoms with Gasteiger partial charge in [0, 0.05) is 83.5 Å². The minimum Gasteiger partial charge on any atom is -0.384 e. The molecule has 1 aromatic carbocycles. The maximum Gasteiger partial charge on any atom is 0.281 e. The number of carbonyl (C=O) groups excluding carboxylic acids is 6. The van der Waals surface area contributed by atoms with E-state index in [1.54, 1.807) is 23.1 Å². The van der Waals surface area contributed by atoms with Crippen LogP contribution in [0.5, 0.6) is 0 Å². The number of benzene rings is 1. The molecule has 4 aliphatic rings. The Morgan fingerprint density at radius 3 is 2.14 bits per heavy atom. The fourth-order valence-electron chi connectivity index (χ4n) is 8.32. The molecule has 6 amide bonds. The molecule has 0 aliphatic carbocycles. The molecule has 3 aromatic rings. The van der Waals surface area contributed by atoms with Gasteiger partial charge in [-0.2, -0.15) is 15.0 Å². The number of hydrogen-bond acceptors (Lipinski definition) is 16. The quantitative estimate of drug-likeness (QED) is 0.0940. The van der Waals surface area contributed by atoms with Crippen molar-refractivity contribution in [2.45, 2.75) is 89.5 Å². The number of unbranched alkanes of at least 4 members (excludes halogenated alkanes) is 7. The number of alkyl halides is 2. The molecule has 22 heteroatoms.